The molecule has 0 aromatic rings. The van der Waals surface area contributed by atoms with Gasteiger partial charge in [0.2, 0.25) is 0 Å². The van der Waals surface area contributed by atoms with Gasteiger partial charge in [-0.25, -0.2) is 0 Å². The van der Waals surface area contributed by atoms with Crippen LogP contribution in [0, 0.1) is 0 Å². The van der Waals surface area contributed by atoms with E-state index in [9.17, 15) is 4.79 Å². The number of carbonyl (C=O) groups excluding carboxylic acids is 1. The molecule has 2 nitrogen and oxygen atoms in total. The Balaban J connectivity index is 5.36. The first-order chi connectivity index (χ1) is 8.33. The SMILES string of the molecule is C=C/C(=C(C)\C=C(/C)C(C)=O)C(CC)NC(=C)C. The summed E-state index contributed by atoms with van der Waals surface area (Å²) in [6, 6.07) is 0.191. The number of allylic oxidation sites excluding steroid dienone is 4. The van der Waals surface area contributed by atoms with Crippen LogP contribution in [0.25, 0.3) is 0 Å². The Bertz CT molecular complexity index is 399. The average molecular weight is 247 g/mol. The predicted octanol–water partition coefficient (Wildman–Crippen LogP) is 3.93. The van der Waals surface area contributed by atoms with Crippen molar-refractivity contribution in [2.24, 2.45) is 0 Å². The van der Waals surface area contributed by atoms with Gasteiger partial charge in [0, 0.05) is 5.70 Å². The molecule has 18 heavy (non-hydrogen) atoms. The van der Waals surface area contributed by atoms with E-state index < -0.39 is 0 Å². The minimum Gasteiger partial charge on any atom is -0.382 e. The van der Waals surface area contributed by atoms with E-state index in [2.05, 4.69) is 25.4 Å². The van der Waals surface area contributed by atoms with Crippen molar-refractivity contribution >= 4 is 5.78 Å². The second-order valence-electron chi connectivity index (χ2n) is 4.61. The highest BCUT2D eigenvalue weighted by molar-refractivity contribution is 5.93. The first-order valence-corrected chi connectivity index (χ1v) is 6.27. The van der Waals surface area contributed by atoms with Crippen LogP contribution in [0.2, 0.25) is 0 Å². The molecule has 0 aromatic carbocycles. The van der Waals surface area contributed by atoms with Gasteiger partial charge in [-0.2, -0.15) is 0 Å². The molecule has 0 saturated carbocycles. The molecular weight excluding hydrogens is 222 g/mol. The van der Waals surface area contributed by atoms with Crippen molar-refractivity contribution in [1.82, 2.24) is 5.32 Å². The fraction of sp³-hybridized carbons (Fsp3) is 0.438. The summed E-state index contributed by atoms with van der Waals surface area (Å²) in [5, 5.41) is 3.33. The summed E-state index contributed by atoms with van der Waals surface area (Å²) in [5.41, 5.74) is 3.87. The number of Topliss-reactive ketones (excluding diaryl/α,β-unsaturated/α-hetero) is 1. The fourth-order valence-electron chi connectivity index (χ4n) is 1.78. The summed E-state index contributed by atoms with van der Waals surface area (Å²) in [4.78, 5) is 11.3. The molecule has 1 N–H and O–H groups in total. The molecule has 0 heterocycles. The molecule has 0 spiro atoms. The Hall–Kier alpha value is -1.57. The van der Waals surface area contributed by atoms with Crippen LogP contribution in [-0.4, -0.2) is 11.8 Å². The molecular formula is C16H25NO. The topological polar surface area (TPSA) is 29.1 Å². The third-order valence-electron chi connectivity index (χ3n) is 2.87. The summed E-state index contributed by atoms with van der Waals surface area (Å²) >= 11 is 0. The Kier molecular flexibility index (Phi) is 7.03. The molecule has 0 saturated heterocycles. The van der Waals surface area contributed by atoms with E-state index in [1.807, 2.05) is 32.9 Å². The van der Waals surface area contributed by atoms with Gasteiger partial charge in [0.15, 0.2) is 5.78 Å². The van der Waals surface area contributed by atoms with Crippen molar-refractivity contribution in [1.29, 1.82) is 0 Å². The largest absolute Gasteiger partial charge is 0.382 e. The molecule has 0 bridgehead atoms. The molecule has 0 aliphatic carbocycles. The maximum Gasteiger partial charge on any atom is 0.155 e. The lowest BCUT2D eigenvalue weighted by Crippen LogP contribution is -2.28. The lowest BCUT2D eigenvalue weighted by Gasteiger charge is -2.21. The maximum atomic E-state index is 11.3. The van der Waals surface area contributed by atoms with Crippen LogP contribution >= 0.6 is 0 Å². The zero-order valence-electron chi connectivity index (χ0n) is 12.3. The van der Waals surface area contributed by atoms with Gasteiger partial charge in [0.05, 0.1) is 6.04 Å². The van der Waals surface area contributed by atoms with Gasteiger partial charge in [-0.15, -0.1) is 0 Å². The van der Waals surface area contributed by atoms with E-state index in [0.29, 0.717) is 0 Å². The highest BCUT2D eigenvalue weighted by atomic mass is 16.1. The molecule has 2 heteroatoms. The third-order valence-corrected chi connectivity index (χ3v) is 2.87. The molecule has 1 atom stereocenters. The van der Waals surface area contributed by atoms with E-state index in [1.165, 1.54) is 0 Å². The standard InChI is InChI=1S/C16H25NO/c1-8-15(16(9-2)17-11(3)4)13(6)10-12(5)14(7)18/h8,10,16-17H,1,3,9H2,2,4-7H3/b12-10+,15-13+. The van der Waals surface area contributed by atoms with Crippen LogP contribution in [0.15, 0.2) is 47.7 Å². The number of nitrogens with one attached hydrogen (secondary N) is 1. The Morgan fingerprint density at radius 1 is 1.28 bits per heavy atom. The molecule has 0 rings (SSSR count). The minimum atomic E-state index is 0.0960. The van der Waals surface area contributed by atoms with Gasteiger partial charge in [0.25, 0.3) is 0 Å². The second-order valence-corrected chi connectivity index (χ2v) is 4.61. The van der Waals surface area contributed by atoms with Crippen molar-refractivity contribution in [2.45, 2.75) is 47.1 Å². The van der Waals surface area contributed by atoms with Crippen molar-refractivity contribution in [2.75, 3.05) is 0 Å². The monoisotopic (exact) mass is 247 g/mol. The van der Waals surface area contributed by atoms with Crippen molar-refractivity contribution in [3.05, 3.63) is 47.7 Å². The van der Waals surface area contributed by atoms with E-state index in [1.54, 1.807) is 6.92 Å². The molecule has 0 fully saturated rings. The van der Waals surface area contributed by atoms with Crippen molar-refractivity contribution < 1.29 is 4.79 Å². The van der Waals surface area contributed by atoms with Crippen LogP contribution < -0.4 is 5.32 Å². The zero-order valence-corrected chi connectivity index (χ0v) is 12.3. The number of hydrogen-bond donors (Lipinski definition) is 1. The molecule has 1 unspecified atom stereocenters. The van der Waals surface area contributed by atoms with Gasteiger partial charge in [-0.05, 0) is 50.8 Å². The van der Waals surface area contributed by atoms with Crippen LogP contribution in [-0.2, 0) is 4.79 Å². The van der Waals surface area contributed by atoms with Crippen LogP contribution in [0.1, 0.15) is 41.0 Å². The smallest absolute Gasteiger partial charge is 0.155 e. The minimum absolute atomic E-state index is 0.0960. The van der Waals surface area contributed by atoms with Crippen LogP contribution in [0.4, 0.5) is 0 Å². The summed E-state index contributed by atoms with van der Waals surface area (Å²) in [7, 11) is 0. The first-order valence-electron chi connectivity index (χ1n) is 6.27. The summed E-state index contributed by atoms with van der Waals surface area (Å²) < 4.78 is 0. The Morgan fingerprint density at radius 3 is 2.17 bits per heavy atom. The second kappa shape index (κ2) is 7.70. The Labute approximate surface area is 111 Å². The highest BCUT2D eigenvalue weighted by Crippen LogP contribution is 2.17. The van der Waals surface area contributed by atoms with E-state index >= 15 is 0 Å². The van der Waals surface area contributed by atoms with Gasteiger partial charge in [-0.1, -0.05) is 32.2 Å². The molecule has 0 amide bonds. The molecule has 0 aliphatic heterocycles. The van der Waals surface area contributed by atoms with Crippen molar-refractivity contribution in [3.63, 3.8) is 0 Å². The summed E-state index contributed by atoms with van der Waals surface area (Å²) in [5.74, 6) is 0.0960. The quantitative estimate of drug-likeness (QED) is 0.545. The summed E-state index contributed by atoms with van der Waals surface area (Å²) in [6.45, 7) is 17.2. The normalized spacial score (nSPS) is 14.6. The van der Waals surface area contributed by atoms with Gasteiger partial charge < -0.3 is 5.32 Å². The highest BCUT2D eigenvalue weighted by Gasteiger charge is 2.11. The molecule has 0 aromatic heterocycles. The van der Waals surface area contributed by atoms with Crippen LogP contribution in [0.5, 0.6) is 0 Å². The van der Waals surface area contributed by atoms with E-state index in [4.69, 9.17) is 0 Å². The van der Waals surface area contributed by atoms with Crippen molar-refractivity contribution in [3.8, 4) is 0 Å². The first kappa shape index (κ1) is 16.4. The lowest BCUT2D eigenvalue weighted by molar-refractivity contribution is -0.113. The predicted molar refractivity (Wildman–Crippen MR) is 79.4 cm³/mol. The molecule has 0 aliphatic rings. The van der Waals surface area contributed by atoms with Gasteiger partial charge in [-0.3, -0.25) is 4.79 Å². The van der Waals surface area contributed by atoms with Gasteiger partial charge >= 0.3 is 0 Å². The average Bonchev–Trinajstić information content (AvgIpc) is 2.27. The van der Waals surface area contributed by atoms with E-state index in [0.717, 1.165) is 28.8 Å². The molecule has 100 valence electrons. The molecule has 0 radical (unpaired) electrons. The number of rotatable bonds is 7. The maximum absolute atomic E-state index is 11.3. The lowest BCUT2D eigenvalue weighted by atomic mass is 9.97. The third kappa shape index (κ3) is 5.17. The number of ketones is 1. The number of hydrogen-bond acceptors (Lipinski definition) is 2. The fourth-order valence-corrected chi connectivity index (χ4v) is 1.78. The number of carbonyl (C=O) groups is 1. The van der Waals surface area contributed by atoms with E-state index in [-0.39, 0.29) is 11.8 Å². The Morgan fingerprint density at radius 2 is 1.83 bits per heavy atom. The van der Waals surface area contributed by atoms with Crippen LogP contribution in [0.3, 0.4) is 0 Å². The summed E-state index contributed by atoms with van der Waals surface area (Å²) in [6.07, 6.45) is 4.71. The zero-order chi connectivity index (χ0) is 14.3. The van der Waals surface area contributed by atoms with Gasteiger partial charge in [0.1, 0.15) is 0 Å².